The van der Waals surface area contributed by atoms with Crippen molar-refractivity contribution in [3.63, 3.8) is 0 Å². The summed E-state index contributed by atoms with van der Waals surface area (Å²) in [6.07, 6.45) is 9.36. The zero-order valence-corrected chi connectivity index (χ0v) is 12.7. The summed E-state index contributed by atoms with van der Waals surface area (Å²) in [7, 11) is 0. The van der Waals surface area contributed by atoms with Gasteiger partial charge in [-0.15, -0.1) is 0 Å². The van der Waals surface area contributed by atoms with E-state index in [0.717, 1.165) is 37.7 Å². The Morgan fingerprint density at radius 1 is 1.25 bits per heavy atom. The predicted octanol–water partition coefficient (Wildman–Crippen LogP) is 3.72. The zero-order valence-electron chi connectivity index (χ0n) is 12.7. The van der Waals surface area contributed by atoms with E-state index in [4.69, 9.17) is 4.74 Å². The maximum atomic E-state index is 5.56. The molecule has 1 saturated carbocycles. The van der Waals surface area contributed by atoms with Crippen LogP contribution in [0.4, 0.5) is 0 Å². The third-order valence-electron chi connectivity index (χ3n) is 4.99. The highest BCUT2D eigenvalue weighted by atomic mass is 16.5. The van der Waals surface area contributed by atoms with E-state index >= 15 is 0 Å². The standard InChI is InChI=1S/C18H27NO/c1-14(16-5-3-2-4-6-16)19-11-9-15-7-8-18-17(13-15)10-12-20-18/h7-8,13-14,16,19H,2-6,9-12H2,1H3/t14-/m0/s1. The van der Waals surface area contributed by atoms with E-state index in [1.165, 1.54) is 43.2 Å². The molecule has 3 rings (SSSR count). The lowest BCUT2D eigenvalue weighted by atomic mass is 9.84. The molecule has 1 atom stereocenters. The number of fused-ring (bicyclic) bond motifs is 1. The van der Waals surface area contributed by atoms with Crippen molar-refractivity contribution >= 4 is 0 Å². The highest BCUT2D eigenvalue weighted by Crippen LogP contribution is 2.27. The quantitative estimate of drug-likeness (QED) is 0.883. The SMILES string of the molecule is C[C@H](NCCc1ccc2c(c1)CCO2)C1CCCCC1. The van der Waals surface area contributed by atoms with Gasteiger partial charge in [0.2, 0.25) is 0 Å². The summed E-state index contributed by atoms with van der Waals surface area (Å²) >= 11 is 0. The van der Waals surface area contributed by atoms with Crippen LogP contribution in [0.1, 0.15) is 50.2 Å². The molecule has 0 unspecified atom stereocenters. The molecule has 0 saturated heterocycles. The van der Waals surface area contributed by atoms with Crippen LogP contribution >= 0.6 is 0 Å². The van der Waals surface area contributed by atoms with E-state index in [1.54, 1.807) is 0 Å². The molecule has 1 aromatic carbocycles. The van der Waals surface area contributed by atoms with Gasteiger partial charge in [0.25, 0.3) is 0 Å². The Bertz CT molecular complexity index is 437. The van der Waals surface area contributed by atoms with Crippen molar-refractivity contribution in [3.05, 3.63) is 29.3 Å². The van der Waals surface area contributed by atoms with E-state index in [2.05, 4.69) is 30.4 Å². The molecular weight excluding hydrogens is 246 g/mol. The average molecular weight is 273 g/mol. The Hall–Kier alpha value is -1.02. The summed E-state index contributed by atoms with van der Waals surface area (Å²) in [5.41, 5.74) is 2.83. The summed E-state index contributed by atoms with van der Waals surface area (Å²) in [6, 6.07) is 7.36. The molecular formula is C18H27NO. The maximum absolute atomic E-state index is 5.56. The number of hydrogen-bond donors (Lipinski definition) is 1. The predicted molar refractivity (Wildman–Crippen MR) is 83.4 cm³/mol. The number of hydrogen-bond acceptors (Lipinski definition) is 2. The lowest BCUT2D eigenvalue weighted by Crippen LogP contribution is -2.35. The first kappa shape index (κ1) is 13.9. The van der Waals surface area contributed by atoms with Crippen molar-refractivity contribution < 1.29 is 4.74 Å². The van der Waals surface area contributed by atoms with Gasteiger partial charge < -0.3 is 10.1 Å². The third-order valence-corrected chi connectivity index (χ3v) is 4.99. The second kappa shape index (κ2) is 6.62. The minimum absolute atomic E-state index is 0.674. The summed E-state index contributed by atoms with van der Waals surface area (Å²) < 4.78 is 5.56. The lowest BCUT2D eigenvalue weighted by Gasteiger charge is -2.28. The third kappa shape index (κ3) is 3.35. The van der Waals surface area contributed by atoms with Crippen LogP contribution in [0.25, 0.3) is 0 Å². The first-order valence-electron chi connectivity index (χ1n) is 8.31. The maximum Gasteiger partial charge on any atom is 0.122 e. The zero-order chi connectivity index (χ0) is 13.8. The van der Waals surface area contributed by atoms with E-state index in [1.807, 2.05) is 0 Å². The van der Waals surface area contributed by atoms with Crippen molar-refractivity contribution in [1.82, 2.24) is 5.32 Å². The first-order valence-corrected chi connectivity index (χ1v) is 8.31. The minimum atomic E-state index is 0.674. The van der Waals surface area contributed by atoms with Gasteiger partial charge in [0.15, 0.2) is 0 Å². The molecule has 0 bridgehead atoms. The van der Waals surface area contributed by atoms with Crippen LogP contribution < -0.4 is 10.1 Å². The van der Waals surface area contributed by atoms with E-state index in [-0.39, 0.29) is 0 Å². The van der Waals surface area contributed by atoms with Crippen LogP contribution in [-0.4, -0.2) is 19.2 Å². The number of nitrogens with one attached hydrogen (secondary N) is 1. The largest absolute Gasteiger partial charge is 0.493 e. The van der Waals surface area contributed by atoms with Gasteiger partial charge in [0, 0.05) is 12.5 Å². The van der Waals surface area contributed by atoms with Gasteiger partial charge in [-0.25, -0.2) is 0 Å². The van der Waals surface area contributed by atoms with Crippen molar-refractivity contribution in [2.24, 2.45) is 5.92 Å². The smallest absolute Gasteiger partial charge is 0.122 e. The minimum Gasteiger partial charge on any atom is -0.493 e. The average Bonchev–Trinajstić information content (AvgIpc) is 2.95. The second-order valence-electron chi connectivity index (χ2n) is 6.43. The summed E-state index contributed by atoms with van der Waals surface area (Å²) in [5, 5.41) is 3.74. The molecule has 0 amide bonds. The van der Waals surface area contributed by atoms with Gasteiger partial charge in [-0.05, 0) is 55.8 Å². The number of rotatable bonds is 5. The molecule has 110 valence electrons. The molecule has 1 aliphatic heterocycles. The van der Waals surface area contributed by atoms with Gasteiger partial charge in [-0.2, -0.15) is 0 Å². The molecule has 1 aromatic rings. The fraction of sp³-hybridized carbons (Fsp3) is 0.667. The molecule has 0 spiro atoms. The molecule has 0 radical (unpaired) electrons. The van der Waals surface area contributed by atoms with Crippen LogP contribution in [0.3, 0.4) is 0 Å². The second-order valence-corrected chi connectivity index (χ2v) is 6.43. The Labute approximate surface area is 122 Å². The fourth-order valence-electron chi connectivity index (χ4n) is 3.64. The molecule has 2 heteroatoms. The topological polar surface area (TPSA) is 21.3 Å². The summed E-state index contributed by atoms with van der Waals surface area (Å²) in [4.78, 5) is 0. The molecule has 2 nitrogen and oxygen atoms in total. The van der Waals surface area contributed by atoms with Gasteiger partial charge in [0.1, 0.15) is 5.75 Å². The molecule has 0 aromatic heterocycles. The summed E-state index contributed by atoms with van der Waals surface area (Å²) in [5.74, 6) is 1.99. The molecule has 1 heterocycles. The van der Waals surface area contributed by atoms with E-state index in [0.29, 0.717) is 6.04 Å². The van der Waals surface area contributed by atoms with Crippen LogP contribution in [0, 0.1) is 5.92 Å². The van der Waals surface area contributed by atoms with Gasteiger partial charge in [-0.3, -0.25) is 0 Å². The van der Waals surface area contributed by atoms with Crippen LogP contribution in [-0.2, 0) is 12.8 Å². The monoisotopic (exact) mass is 273 g/mol. The highest BCUT2D eigenvalue weighted by Gasteiger charge is 2.19. The number of ether oxygens (including phenoxy) is 1. The Balaban J connectivity index is 1.45. The number of benzene rings is 1. The van der Waals surface area contributed by atoms with Crippen LogP contribution in [0.15, 0.2) is 18.2 Å². The van der Waals surface area contributed by atoms with E-state index in [9.17, 15) is 0 Å². The van der Waals surface area contributed by atoms with Crippen LogP contribution in [0.2, 0.25) is 0 Å². The van der Waals surface area contributed by atoms with Gasteiger partial charge in [-0.1, -0.05) is 31.4 Å². The molecule has 20 heavy (non-hydrogen) atoms. The first-order chi connectivity index (χ1) is 9.83. The highest BCUT2D eigenvalue weighted by molar-refractivity contribution is 5.39. The Kier molecular flexibility index (Phi) is 4.62. The van der Waals surface area contributed by atoms with Crippen molar-refractivity contribution in [2.45, 2.75) is 57.9 Å². The molecule has 1 N–H and O–H groups in total. The Morgan fingerprint density at radius 3 is 2.95 bits per heavy atom. The molecule has 1 aliphatic carbocycles. The molecule has 2 aliphatic rings. The van der Waals surface area contributed by atoms with Crippen LogP contribution in [0.5, 0.6) is 5.75 Å². The van der Waals surface area contributed by atoms with Crippen molar-refractivity contribution in [1.29, 1.82) is 0 Å². The van der Waals surface area contributed by atoms with E-state index < -0.39 is 0 Å². The Morgan fingerprint density at radius 2 is 2.10 bits per heavy atom. The molecule has 1 fully saturated rings. The van der Waals surface area contributed by atoms with Crippen molar-refractivity contribution in [3.8, 4) is 5.75 Å². The lowest BCUT2D eigenvalue weighted by molar-refractivity contribution is 0.283. The van der Waals surface area contributed by atoms with Gasteiger partial charge >= 0.3 is 0 Å². The fourth-order valence-corrected chi connectivity index (χ4v) is 3.64. The van der Waals surface area contributed by atoms with Gasteiger partial charge in [0.05, 0.1) is 6.61 Å². The van der Waals surface area contributed by atoms with Crippen molar-refractivity contribution in [2.75, 3.05) is 13.2 Å². The summed E-state index contributed by atoms with van der Waals surface area (Å²) in [6.45, 7) is 4.32. The normalized spacial score (nSPS) is 20.4.